The minimum Gasteiger partial charge on any atom is -0.444 e. The van der Waals surface area contributed by atoms with Crippen molar-refractivity contribution in [3.8, 4) is 0 Å². The highest BCUT2D eigenvalue weighted by atomic mass is 16.6. The van der Waals surface area contributed by atoms with Gasteiger partial charge in [0.2, 0.25) is 0 Å². The topological polar surface area (TPSA) is 62.7 Å². The Kier molecular flexibility index (Phi) is 5.49. The van der Waals surface area contributed by atoms with E-state index in [0.29, 0.717) is 25.2 Å². The maximum absolute atomic E-state index is 12.7. The van der Waals surface area contributed by atoms with Gasteiger partial charge >= 0.3 is 6.09 Å². The molecule has 3 rings (SSSR count). The number of amides is 2. The van der Waals surface area contributed by atoms with Crippen LogP contribution >= 0.6 is 0 Å². The number of hydrogen-bond donors (Lipinski definition) is 0. The van der Waals surface area contributed by atoms with Crippen molar-refractivity contribution in [2.24, 2.45) is 0 Å². The summed E-state index contributed by atoms with van der Waals surface area (Å²) >= 11 is 0. The van der Waals surface area contributed by atoms with Gasteiger partial charge in [-0.25, -0.2) is 9.78 Å². The first kappa shape index (κ1) is 18.7. The molecule has 2 amide bonds. The monoisotopic (exact) mass is 359 g/mol. The molecule has 2 aliphatic heterocycles. The van der Waals surface area contributed by atoms with Crippen molar-refractivity contribution in [3.63, 3.8) is 0 Å². The number of aromatic nitrogens is 1. The van der Waals surface area contributed by atoms with E-state index in [-0.39, 0.29) is 12.0 Å². The van der Waals surface area contributed by atoms with Gasteiger partial charge in [-0.3, -0.25) is 4.79 Å². The first-order valence-electron chi connectivity index (χ1n) is 9.59. The average Bonchev–Trinajstić information content (AvgIpc) is 2.82. The van der Waals surface area contributed by atoms with E-state index < -0.39 is 5.60 Å². The number of nitrogens with zero attached hydrogens (tertiary/aromatic N) is 3. The number of fused-ring (bicyclic) bond motifs is 1. The minimum absolute atomic E-state index is 0.0285. The van der Waals surface area contributed by atoms with Crippen molar-refractivity contribution in [2.45, 2.75) is 58.5 Å². The fourth-order valence-electron chi connectivity index (χ4n) is 3.47. The Morgan fingerprint density at radius 3 is 2.35 bits per heavy atom. The lowest BCUT2D eigenvalue weighted by Gasteiger charge is -2.26. The molecule has 1 saturated heterocycles. The smallest absolute Gasteiger partial charge is 0.410 e. The van der Waals surface area contributed by atoms with Gasteiger partial charge in [0.15, 0.2) is 0 Å². The van der Waals surface area contributed by atoms with Gasteiger partial charge in [-0.1, -0.05) is 6.07 Å². The summed E-state index contributed by atoms with van der Waals surface area (Å²) in [5.74, 6) is 0.0285. The van der Waals surface area contributed by atoms with E-state index >= 15 is 0 Å². The fourth-order valence-corrected chi connectivity index (χ4v) is 3.47. The molecule has 26 heavy (non-hydrogen) atoms. The average molecular weight is 359 g/mol. The zero-order chi connectivity index (χ0) is 18.7. The van der Waals surface area contributed by atoms with Gasteiger partial charge in [-0.05, 0) is 58.1 Å². The van der Waals surface area contributed by atoms with Crippen molar-refractivity contribution in [2.75, 3.05) is 26.2 Å². The van der Waals surface area contributed by atoms with Crippen molar-refractivity contribution in [3.05, 3.63) is 29.1 Å². The van der Waals surface area contributed by atoms with Gasteiger partial charge in [0, 0.05) is 38.3 Å². The Morgan fingerprint density at radius 2 is 1.65 bits per heavy atom. The Balaban J connectivity index is 1.68. The van der Waals surface area contributed by atoms with E-state index in [1.165, 1.54) is 6.42 Å². The van der Waals surface area contributed by atoms with E-state index in [2.05, 4.69) is 4.98 Å². The summed E-state index contributed by atoms with van der Waals surface area (Å²) in [5, 5.41) is 0. The van der Waals surface area contributed by atoms with Crippen LogP contribution in [0, 0.1) is 0 Å². The number of carbonyl (C=O) groups is 2. The summed E-state index contributed by atoms with van der Waals surface area (Å²) in [6, 6.07) is 3.83. The van der Waals surface area contributed by atoms with E-state index in [4.69, 9.17) is 4.74 Å². The molecule has 0 radical (unpaired) electrons. The van der Waals surface area contributed by atoms with Crippen LogP contribution in [0.4, 0.5) is 4.79 Å². The molecule has 0 saturated carbocycles. The molecule has 2 aliphatic rings. The highest BCUT2D eigenvalue weighted by Crippen LogP contribution is 2.19. The first-order chi connectivity index (χ1) is 12.3. The van der Waals surface area contributed by atoms with Crippen LogP contribution in [0.15, 0.2) is 12.1 Å². The van der Waals surface area contributed by atoms with Crippen LogP contribution in [-0.2, 0) is 17.6 Å². The molecule has 6 heteroatoms. The molecule has 3 heterocycles. The molecule has 6 nitrogen and oxygen atoms in total. The summed E-state index contributed by atoms with van der Waals surface area (Å²) in [5.41, 5.74) is 2.07. The zero-order valence-corrected chi connectivity index (χ0v) is 16.1. The lowest BCUT2D eigenvalue weighted by molar-refractivity contribution is 0.0258. The van der Waals surface area contributed by atoms with E-state index in [9.17, 15) is 9.59 Å². The highest BCUT2D eigenvalue weighted by molar-refractivity contribution is 5.92. The molecule has 0 bridgehead atoms. The number of pyridine rings is 1. The van der Waals surface area contributed by atoms with Crippen molar-refractivity contribution < 1.29 is 14.3 Å². The number of piperidine rings is 1. The Bertz CT molecular complexity index is 675. The molecule has 0 atom stereocenters. The summed E-state index contributed by atoms with van der Waals surface area (Å²) in [6.07, 6.45) is 4.44. The quantitative estimate of drug-likeness (QED) is 0.773. The van der Waals surface area contributed by atoms with Gasteiger partial charge in [0.05, 0.1) is 0 Å². The largest absolute Gasteiger partial charge is 0.444 e. The predicted molar refractivity (Wildman–Crippen MR) is 99.2 cm³/mol. The lowest BCUT2D eigenvalue weighted by Crippen LogP contribution is -2.38. The molecular formula is C20H29N3O3. The van der Waals surface area contributed by atoms with E-state index in [1.54, 1.807) is 4.90 Å². The maximum Gasteiger partial charge on any atom is 0.410 e. The summed E-state index contributed by atoms with van der Waals surface area (Å²) in [7, 11) is 0. The van der Waals surface area contributed by atoms with E-state index in [1.807, 2.05) is 37.8 Å². The Hall–Kier alpha value is -2.11. The Labute approximate surface area is 155 Å². The molecular weight excluding hydrogens is 330 g/mol. The van der Waals surface area contributed by atoms with Crippen LogP contribution < -0.4 is 0 Å². The molecule has 1 aromatic heterocycles. The molecule has 0 N–H and O–H groups in total. The van der Waals surface area contributed by atoms with Crippen LogP contribution in [0.1, 0.15) is 61.8 Å². The molecule has 1 aromatic rings. The van der Waals surface area contributed by atoms with Crippen LogP contribution in [0.3, 0.4) is 0 Å². The number of ether oxygens (including phenoxy) is 1. The standard InChI is InChI=1S/C20H29N3O3/c1-20(2,3)26-19(25)23-13-9-15-7-8-17(21-16(15)10-14-23)18(24)22-11-5-4-6-12-22/h7-8H,4-6,9-14H2,1-3H3. The molecule has 0 spiro atoms. The SMILES string of the molecule is CC(C)(C)OC(=O)N1CCc2ccc(C(=O)N3CCCCC3)nc2CC1. The van der Waals surface area contributed by atoms with Crippen LogP contribution in [0.5, 0.6) is 0 Å². The van der Waals surface area contributed by atoms with Crippen LogP contribution in [-0.4, -0.2) is 58.6 Å². The summed E-state index contributed by atoms with van der Waals surface area (Å²) in [4.78, 5) is 33.3. The normalized spacial score (nSPS) is 18.1. The molecule has 0 aromatic carbocycles. The maximum atomic E-state index is 12.7. The third-order valence-corrected chi connectivity index (χ3v) is 4.85. The second-order valence-corrected chi connectivity index (χ2v) is 8.12. The summed E-state index contributed by atoms with van der Waals surface area (Å²) < 4.78 is 5.48. The molecule has 0 unspecified atom stereocenters. The number of likely N-dealkylation sites (tertiary alicyclic amines) is 1. The third-order valence-electron chi connectivity index (χ3n) is 4.85. The zero-order valence-electron chi connectivity index (χ0n) is 16.1. The molecule has 0 aliphatic carbocycles. The number of rotatable bonds is 1. The van der Waals surface area contributed by atoms with Crippen molar-refractivity contribution in [1.29, 1.82) is 0 Å². The van der Waals surface area contributed by atoms with Gasteiger partial charge in [-0.15, -0.1) is 0 Å². The molecule has 142 valence electrons. The minimum atomic E-state index is -0.497. The fraction of sp³-hybridized carbons (Fsp3) is 0.650. The van der Waals surface area contributed by atoms with Crippen molar-refractivity contribution in [1.82, 2.24) is 14.8 Å². The van der Waals surface area contributed by atoms with E-state index in [0.717, 1.165) is 43.6 Å². The number of carbonyl (C=O) groups excluding carboxylic acids is 2. The first-order valence-corrected chi connectivity index (χ1v) is 9.59. The highest BCUT2D eigenvalue weighted by Gasteiger charge is 2.26. The van der Waals surface area contributed by atoms with Crippen LogP contribution in [0.2, 0.25) is 0 Å². The van der Waals surface area contributed by atoms with Gasteiger partial charge in [0.1, 0.15) is 11.3 Å². The lowest BCUT2D eigenvalue weighted by atomic mass is 10.1. The van der Waals surface area contributed by atoms with Gasteiger partial charge in [0.25, 0.3) is 5.91 Å². The predicted octanol–water partition coefficient (Wildman–Crippen LogP) is 3.04. The number of hydrogen-bond acceptors (Lipinski definition) is 4. The third kappa shape index (κ3) is 4.54. The van der Waals surface area contributed by atoms with Crippen LogP contribution in [0.25, 0.3) is 0 Å². The Morgan fingerprint density at radius 1 is 0.962 bits per heavy atom. The summed E-state index contributed by atoms with van der Waals surface area (Å²) in [6.45, 7) is 8.44. The second kappa shape index (κ2) is 7.64. The molecule has 1 fully saturated rings. The second-order valence-electron chi connectivity index (χ2n) is 8.12. The van der Waals surface area contributed by atoms with Crippen molar-refractivity contribution >= 4 is 12.0 Å². The van der Waals surface area contributed by atoms with Gasteiger partial charge < -0.3 is 14.5 Å². The van der Waals surface area contributed by atoms with Gasteiger partial charge in [-0.2, -0.15) is 0 Å².